The Morgan fingerprint density at radius 3 is 2.17 bits per heavy atom. The summed E-state index contributed by atoms with van der Waals surface area (Å²) in [7, 11) is 0. The summed E-state index contributed by atoms with van der Waals surface area (Å²) >= 11 is 6.97. The van der Waals surface area contributed by atoms with Gasteiger partial charge in [0.15, 0.2) is 0 Å². The lowest BCUT2D eigenvalue weighted by Crippen LogP contribution is -2.15. The zero-order chi connectivity index (χ0) is 17.1. The van der Waals surface area contributed by atoms with Crippen LogP contribution in [0.15, 0.2) is 75.7 Å². The molecule has 0 spiro atoms. The third kappa shape index (κ3) is 3.45. The van der Waals surface area contributed by atoms with Gasteiger partial charge in [-0.2, -0.15) is 0 Å². The van der Waals surface area contributed by atoms with Crippen molar-refractivity contribution in [1.29, 1.82) is 0 Å². The summed E-state index contributed by atoms with van der Waals surface area (Å²) < 4.78 is 1.96. The average molecular weight is 445 g/mol. The molecule has 3 aromatic rings. The summed E-state index contributed by atoms with van der Waals surface area (Å²) in [6.07, 6.45) is 0.855. The molecule has 0 saturated heterocycles. The molecule has 120 valence electrons. The normalized spacial score (nSPS) is 10.5. The fourth-order valence-electron chi connectivity index (χ4n) is 2.67. The molecule has 0 aliphatic carbocycles. The number of carbonyl (C=O) groups excluding carboxylic acids is 1. The Bertz CT molecular complexity index is 875. The monoisotopic (exact) mass is 443 g/mol. The Labute approximate surface area is 158 Å². The molecule has 0 bridgehead atoms. The molecule has 2 nitrogen and oxygen atoms in total. The molecule has 4 heteroatoms. The summed E-state index contributed by atoms with van der Waals surface area (Å²) in [5, 5.41) is 0. The molecular formula is C20H15Br2NO. The van der Waals surface area contributed by atoms with Crippen molar-refractivity contribution in [2.24, 2.45) is 0 Å². The Balaban J connectivity index is 2.18. The molecule has 3 rings (SSSR count). The molecule has 0 unspecified atom stereocenters. The van der Waals surface area contributed by atoms with Crippen LogP contribution in [0.2, 0.25) is 0 Å². The van der Waals surface area contributed by atoms with Gasteiger partial charge in [0, 0.05) is 20.2 Å². The SMILES string of the molecule is Cc1ccccc1-c1cc(Br)ccc1N(C=O)c1ccc(Br)cc1. The highest BCUT2D eigenvalue weighted by Gasteiger charge is 2.15. The molecule has 3 aromatic carbocycles. The van der Waals surface area contributed by atoms with Gasteiger partial charge < -0.3 is 0 Å². The molecule has 0 fully saturated rings. The number of anilines is 2. The second-order valence-corrected chi connectivity index (χ2v) is 7.26. The lowest BCUT2D eigenvalue weighted by Gasteiger charge is -2.22. The molecule has 0 radical (unpaired) electrons. The molecule has 1 amide bonds. The lowest BCUT2D eigenvalue weighted by molar-refractivity contribution is -0.106. The summed E-state index contributed by atoms with van der Waals surface area (Å²) in [5.74, 6) is 0. The van der Waals surface area contributed by atoms with Crippen molar-refractivity contribution in [3.05, 3.63) is 81.2 Å². The first-order valence-corrected chi connectivity index (χ1v) is 9.04. The van der Waals surface area contributed by atoms with E-state index >= 15 is 0 Å². The Hall–Kier alpha value is -1.91. The van der Waals surface area contributed by atoms with E-state index in [-0.39, 0.29) is 0 Å². The number of hydrogen-bond acceptors (Lipinski definition) is 1. The first-order valence-electron chi connectivity index (χ1n) is 7.46. The van der Waals surface area contributed by atoms with Gasteiger partial charge in [-0.05, 0) is 60.5 Å². The molecule has 0 aromatic heterocycles. The van der Waals surface area contributed by atoms with E-state index in [4.69, 9.17) is 0 Å². The summed E-state index contributed by atoms with van der Waals surface area (Å²) in [6, 6.07) is 21.8. The van der Waals surface area contributed by atoms with Crippen LogP contribution in [0, 0.1) is 6.92 Å². The molecule has 0 atom stereocenters. The molecule has 0 aliphatic rings. The van der Waals surface area contributed by atoms with E-state index in [1.165, 1.54) is 5.56 Å². The smallest absolute Gasteiger partial charge is 0.218 e. The van der Waals surface area contributed by atoms with Crippen molar-refractivity contribution in [2.45, 2.75) is 6.92 Å². The van der Waals surface area contributed by atoms with Crippen molar-refractivity contribution in [3.63, 3.8) is 0 Å². The van der Waals surface area contributed by atoms with Crippen LogP contribution in [0.4, 0.5) is 11.4 Å². The molecular weight excluding hydrogens is 430 g/mol. The molecule has 0 N–H and O–H groups in total. The van der Waals surface area contributed by atoms with Gasteiger partial charge in [-0.15, -0.1) is 0 Å². The fourth-order valence-corrected chi connectivity index (χ4v) is 3.29. The molecule has 0 aliphatic heterocycles. The van der Waals surface area contributed by atoms with E-state index in [0.717, 1.165) is 37.9 Å². The Kier molecular flexibility index (Phi) is 5.17. The lowest BCUT2D eigenvalue weighted by atomic mass is 9.98. The van der Waals surface area contributed by atoms with E-state index < -0.39 is 0 Å². The number of nitrogens with zero attached hydrogens (tertiary/aromatic N) is 1. The number of rotatable bonds is 4. The predicted octanol–water partition coefficient (Wildman–Crippen LogP) is 6.48. The topological polar surface area (TPSA) is 20.3 Å². The van der Waals surface area contributed by atoms with Gasteiger partial charge in [0.05, 0.1) is 5.69 Å². The van der Waals surface area contributed by atoms with E-state index in [9.17, 15) is 4.79 Å². The minimum absolute atomic E-state index is 0.824. The maximum absolute atomic E-state index is 11.8. The van der Waals surface area contributed by atoms with Crippen LogP contribution >= 0.6 is 31.9 Å². The van der Waals surface area contributed by atoms with Crippen LogP contribution in [0.25, 0.3) is 11.1 Å². The third-order valence-corrected chi connectivity index (χ3v) is 4.89. The predicted molar refractivity (Wildman–Crippen MR) is 107 cm³/mol. The van der Waals surface area contributed by atoms with Crippen LogP contribution in [0.5, 0.6) is 0 Å². The maximum Gasteiger partial charge on any atom is 0.218 e. The minimum Gasteiger partial charge on any atom is -0.283 e. The molecule has 0 heterocycles. The standard InChI is InChI=1S/C20H15Br2NO/c1-14-4-2-3-5-18(14)19-12-16(22)8-11-20(19)23(13-24)17-9-6-15(21)7-10-17/h2-13H,1H3. The van der Waals surface area contributed by atoms with E-state index in [1.54, 1.807) is 4.90 Å². The maximum atomic E-state index is 11.8. The fraction of sp³-hybridized carbons (Fsp3) is 0.0500. The number of benzene rings is 3. The number of hydrogen-bond donors (Lipinski definition) is 0. The number of carbonyl (C=O) groups is 1. The molecule has 0 saturated carbocycles. The number of halogens is 2. The number of aryl methyl sites for hydroxylation is 1. The quantitative estimate of drug-likeness (QED) is 0.421. The van der Waals surface area contributed by atoms with Gasteiger partial charge in [0.25, 0.3) is 0 Å². The van der Waals surface area contributed by atoms with Gasteiger partial charge in [-0.25, -0.2) is 0 Å². The van der Waals surface area contributed by atoms with Crippen LogP contribution in [-0.2, 0) is 4.79 Å². The van der Waals surface area contributed by atoms with Gasteiger partial charge in [0.2, 0.25) is 6.41 Å². The highest BCUT2D eigenvalue weighted by Crippen LogP contribution is 2.37. The highest BCUT2D eigenvalue weighted by molar-refractivity contribution is 9.10. The van der Waals surface area contributed by atoms with E-state index in [2.05, 4.69) is 50.9 Å². The zero-order valence-corrected chi connectivity index (χ0v) is 16.2. The van der Waals surface area contributed by atoms with Crippen LogP contribution in [0.1, 0.15) is 5.56 Å². The van der Waals surface area contributed by atoms with Crippen LogP contribution in [-0.4, -0.2) is 6.41 Å². The number of amides is 1. The first-order chi connectivity index (χ1) is 11.6. The summed E-state index contributed by atoms with van der Waals surface area (Å²) in [5.41, 5.74) is 4.96. The summed E-state index contributed by atoms with van der Waals surface area (Å²) in [6.45, 7) is 2.07. The van der Waals surface area contributed by atoms with E-state index in [0.29, 0.717) is 0 Å². The van der Waals surface area contributed by atoms with Crippen molar-refractivity contribution in [3.8, 4) is 11.1 Å². The first kappa shape index (κ1) is 16.9. The van der Waals surface area contributed by atoms with E-state index in [1.807, 2.05) is 54.6 Å². The van der Waals surface area contributed by atoms with Crippen molar-refractivity contribution in [2.75, 3.05) is 4.90 Å². The highest BCUT2D eigenvalue weighted by atomic mass is 79.9. The van der Waals surface area contributed by atoms with Gasteiger partial charge >= 0.3 is 0 Å². The Morgan fingerprint density at radius 2 is 1.50 bits per heavy atom. The van der Waals surface area contributed by atoms with Crippen molar-refractivity contribution >= 4 is 49.6 Å². The largest absolute Gasteiger partial charge is 0.283 e. The third-order valence-electron chi connectivity index (χ3n) is 3.86. The van der Waals surface area contributed by atoms with Gasteiger partial charge in [-0.3, -0.25) is 9.69 Å². The van der Waals surface area contributed by atoms with Crippen molar-refractivity contribution < 1.29 is 4.79 Å². The summed E-state index contributed by atoms with van der Waals surface area (Å²) in [4.78, 5) is 13.5. The van der Waals surface area contributed by atoms with Crippen LogP contribution in [0.3, 0.4) is 0 Å². The second kappa shape index (κ2) is 7.32. The second-order valence-electron chi connectivity index (χ2n) is 5.43. The Morgan fingerprint density at radius 1 is 0.833 bits per heavy atom. The van der Waals surface area contributed by atoms with Crippen LogP contribution < -0.4 is 4.90 Å². The van der Waals surface area contributed by atoms with Gasteiger partial charge in [-0.1, -0.05) is 56.1 Å². The van der Waals surface area contributed by atoms with Gasteiger partial charge in [0.1, 0.15) is 0 Å². The zero-order valence-electron chi connectivity index (χ0n) is 13.0. The molecule has 24 heavy (non-hydrogen) atoms. The minimum atomic E-state index is 0.824. The van der Waals surface area contributed by atoms with Crippen molar-refractivity contribution in [1.82, 2.24) is 0 Å². The average Bonchev–Trinajstić information content (AvgIpc) is 2.59.